The van der Waals surface area contributed by atoms with E-state index in [0.717, 1.165) is 19.6 Å². The van der Waals surface area contributed by atoms with Gasteiger partial charge >= 0.3 is 0 Å². The van der Waals surface area contributed by atoms with Crippen LogP contribution in [0.4, 0.5) is 4.39 Å². The molecule has 0 aliphatic carbocycles. The van der Waals surface area contributed by atoms with Gasteiger partial charge in [-0.2, -0.15) is 0 Å². The van der Waals surface area contributed by atoms with Gasteiger partial charge in [-0.25, -0.2) is 4.39 Å². The number of hydrogen-bond donors (Lipinski definition) is 1. The number of benzene rings is 1. The summed E-state index contributed by atoms with van der Waals surface area (Å²) < 4.78 is 13.6. The highest BCUT2D eigenvalue weighted by atomic mass is 19.1. The molecule has 100 valence electrons. The van der Waals surface area contributed by atoms with Crippen LogP contribution in [0.25, 0.3) is 0 Å². The van der Waals surface area contributed by atoms with Gasteiger partial charge in [0.2, 0.25) is 0 Å². The maximum absolute atomic E-state index is 13.6. The molecule has 18 heavy (non-hydrogen) atoms. The zero-order valence-corrected chi connectivity index (χ0v) is 10.9. The molecule has 1 aromatic carbocycles. The van der Waals surface area contributed by atoms with Crippen LogP contribution in [0.3, 0.4) is 0 Å². The van der Waals surface area contributed by atoms with Crippen LogP contribution in [-0.2, 0) is 0 Å². The minimum absolute atomic E-state index is 0.183. The van der Waals surface area contributed by atoms with E-state index in [0.29, 0.717) is 5.56 Å². The predicted octanol–water partition coefficient (Wildman–Crippen LogP) is 3.09. The van der Waals surface area contributed by atoms with Crippen molar-refractivity contribution in [3.05, 3.63) is 35.6 Å². The molecule has 1 saturated heterocycles. The number of nitrogens with two attached hydrogens (primary N) is 1. The predicted molar refractivity (Wildman–Crippen MR) is 72.9 cm³/mol. The first-order valence-corrected chi connectivity index (χ1v) is 7.00. The van der Waals surface area contributed by atoms with E-state index < -0.39 is 0 Å². The van der Waals surface area contributed by atoms with Crippen molar-refractivity contribution < 1.29 is 4.39 Å². The van der Waals surface area contributed by atoms with Gasteiger partial charge in [0.25, 0.3) is 0 Å². The maximum Gasteiger partial charge on any atom is 0.128 e. The van der Waals surface area contributed by atoms with Gasteiger partial charge in [-0.05, 0) is 32.0 Å². The van der Waals surface area contributed by atoms with Crippen LogP contribution in [0.5, 0.6) is 0 Å². The molecule has 0 amide bonds. The van der Waals surface area contributed by atoms with Crippen molar-refractivity contribution in [2.24, 2.45) is 5.73 Å². The molecule has 2 nitrogen and oxygen atoms in total. The highest BCUT2D eigenvalue weighted by molar-refractivity contribution is 5.21. The van der Waals surface area contributed by atoms with Gasteiger partial charge in [0.1, 0.15) is 5.82 Å². The van der Waals surface area contributed by atoms with E-state index in [1.54, 1.807) is 12.1 Å². The van der Waals surface area contributed by atoms with Crippen LogP contribution in [0.15, 0.2) is 24.3 Å². The van der Waals surface area contributed by atoms with Crippen LogP contribution in [-0.4, -0.2) is 24.5 Å². The largest absolute Gasteiger partial charge is 0.323 e. The van der Waals surface area contributed by atoms with E-state index in [1.165, 1.54) is 38.2 Å². The van der Waals surface area contributed by atoms with Crippen LogP contribution >= 0.6 is 0 Å². The minimum Gasteiger partial charge on any atom is -0.323 e. The topological polar surface area (TPSA) is 29.3 Å². The fraction of sp³-hybridized carbons (Fsp3) is 0.600. The highest BCUT2D eigenvalue weighted by Crippen LogP contribution is 2.17. The number of rotatable bonds is 3. The SMILES string of the molecule is NC(CN1CCCCCCC1)c1ccccc1F. The lowest BCUT2D eigenvalue weighted by Crippen LogP contribution is -2.34. The Bertz CT molecular complexity index is 359. The standard InChI is InChI=1S/C15H23FN2/c16-14-9-5-4-8-13(14)15(17)12-18-10-6-2-1-3-7-11-18/h4-5,8-9,15H,1-3,6-7,10-12,17H2. The summed E-state index contributed by atoms with van der Waals surface area (Å²) in [5.41, 5.74) is 6.77. The van der Waals surface area contributed by atoms with Crippen molar-refractivity contribution in [1.29, 1.82) is 0 Å². The van der Waals surface area contributed by atoms with E-state index in [4.69, 9.17) is 5.73 Å². The number of nitrogens with zero attached hydrogens (tertiary/aromatic N) is 1. The molecule has 3 heteroatoms. The molecule has 0 aromatic heterocycles. The molecule has 1 atom stereocenters. The van der Waals surface area contributed by atoms with Crippen molar-refractivity contribution in [2.45, 2.75) is 38.1 Å². The van der Waals surface area contributed by atoms with Crippen molar-refractivity contribution >= 4 is 0 Å². The summed E-state index contributed by atoms with van der Waals surface area (Å²) in [6.07, 6.45) is 6.46. The van der Waals surface area contributed by atoms with Crippen molar-refractivity contribution in [2.75, 3.05) is 19.6 Å². The Hall–Kier alpha value is -0.930. The third-order valence-electron chi connectivity index (χ3n) is 3.71. The molecule has 0 saturated carbocycles. The van der Waals surface area contributed by atoms with Crippen LogP contribution in [0.1, 0.15) is 43.7 Å². The number of likely N-dealkylation sites (tertiary alicyclic amines) is 1. The summed E-state index contributed by atoms with van der Waals surface area (Å²) in [4.78, 5) is 2.39. The highest BCUT2D eigenvalue weighted by Gasteiger charge is 2.15. The molecule has 0 spiro atoms. The molecule has 1 unspecified atom stereocenters. The van der Waals surface area contributed by atoms with Gasteiger partial charge in [-0.1, -0.05) is 37.5 Å². The monoisotopic (exact) mass is 250 g/mol. The molecule has 2 rings (SSSR count). The number of halogens is 1. The van der Waals surface area contributed by atoms with Crippen molar-refractivity contribution in [1.82, 2.24) is 4.90 Å². The summed E-state index contributed by atoms with van der Waals surface area (Å²) in [7, 11) is 0. The Morgan fingerprint density at radius 3 is 2.33 bits per heavy atom. The average Bonchev–Trinajstić information content (AvgIpc) is 2.33. The lowest BCUT2D eigenvalue weighted by atomic mass is 10.0. The summed E-state index contributed by atoms with van der Waals surface area (Å²) in [6, 6.07) is 6.63. The summed E-state index contributed by atoms with van der Waals surface area (Å²) in [5, 5.41) is 0. The molecule has 0 bridgehead atoms. The smallest absolute Gasteiger partial charge is 0.128 e. The second-order valence-electron chi connectivity index (χ2n) is 5.20. The van der Waals surface area contributed by atoms with Gasteiger partial charge in [-0.15, -0.1) is 0 Å². The summed E-state index contributed by atoms with van der Waals surface area (Å²) in [5.74, 6) is -0.183. The van der Waals surface area contributed by atoms with Crippen LogP contribution < -0.4 is 5.73 Å². The molecule has 2 N–H and O–H groups in total. The molecule has 1 aliphatic heterocycles. The third kappa shape index (κ3) is 3.79. The second-order valence-corrected chi connectivity index (χ2v) is 5.20. The lowest BCUT2D eigenvalue weighted by Gasteiger charge is -2.27. The normalized spacial score (nSPS) is 20.1. The van der Waals surface area contributed by atoms with Crippen molar-refractivity contribution in [3.63, 3.8) is 0 Å². The fourth-order valence-corrected chi connectivity index (χ4v) is 2.65. The molecular formula is C15H23FN2. The van der Waals surface area contributed by atoms with Gasteiger partial charge in [0.05, 0.1) is 0 Å². The second kappa shape index (κ2) is 6.86. The van der Waals surface area contributed by atoms with Gasteiger partial charge < -0.3 is 10.6 Å². The first-order chi connectivity index (χ1) is 8.77. The first kappa shape index (κ1) is 13.5. The van der Waals surface area contributed by atoms with Gasteiger partial charge in [-0.3, -0.25) is 0 Å². The molecule has 0 radical (unpaired) electrons. The summed E-state index contributed by atoms with van der Waals surface area (Å²) >= 11 is 0. The Balaban J connectivity index is 1.93. The zero-order valence-electron chi connectivity index (χ0n) is 10.9. The Labute approximate surface area is 109 Å². The Morgan fingerprint density at radius 2 is 1.67 bits per heavy atom. The summed E-state index contributed by atoms with van der Waals surface area (Å²) in [6.45, 7) is 2.96. The molecule has 1 aromatic rings. The quantitative estimate of drug-likeness (QED) is 0.893. The van der Waals surface area contributed by atoms with Gasteiger partial charge in [0, 0.05) is 18.2 Å². The van der Waals surface area contributed by atoms with E-state index in [9.17, 15) is 4.39 Å². The zero-order chi connectivity index (χ0) is 12.8. The molecule has 1 heterocycles. The van der Waals surface area contributed by atoms with E-state index in [1.807, 2.05) is 6.07 Å². The Morgan fingerprint density at radius 1 is 1.06 bits per heavy atom. The third-order valence-corrected chi connectivity index (χ3v) is 3.71. The van der Waals surface area contributed by atoms with E-state index >= 15 is 0 Å². The maximum atomic E-state index is 13.6. The average molecular weight is 250 g/mol. The lowest BCUT2D eigenvalue weighted by molar-refractivity contribution is 0.233. The van der Waals surface area contributed by atoms with Crippen molar-refractivity contribution in [3.8, 4) is 0 Å². The molecule has 1 aliphatic rings. The van der Waals surface area contributed by atoms with Gasteiger partial charge in [0.15, 0.2) is 0 Å². The van der Waals surface area contributed by atoms with E-state index in [-0.39, 0.29) is 11.9 Å². The van der Waals surface area contributed by atoms with Crippen LogP contribution in [0, 0.1) is 5.82 Å². The molecular weight excluding hydrogens is 227 g/mol. The Kier molecular flexibility index (Phi) is 5.14. The minimum atomic E-state index is -0.217. The fourth-order valence-electron chi connectivity index (χ4n) is 2.65. The molecule has 1 fully saturated rings. The van der Waals surface area contributed by atoms with Crippen LogP contribution in [0.2, 0.25) is 0 Å². The number of hydrogen-bond acceptors (Lipinski definition) is 2. The first-order valence-electron chi connectivity index (χ1n) is 7.00. The van der Waals surface area contributed by atoms with E-state index in [2.05, 4.69) is 4.90 Å².